The van der Waals surface area contributed by atoms with Gasteiger partial charge in [0.1, 0.15) is 0 Å². The molecule has 3 aromatic rings. The van der Waals surface area contributed by atoms with Gasteiger partial charge in [0.25, 0.3) is 0 Å². The Hall–Kier alpha value is -2.08. The third kappa shape index (κ3) is 2.66. The summed E-state index contributed by atoms with van der Waals surface area (Å²) >= 11 is 0. The molecule has 0 atom stereocenters. The number of hydrogen-bond acceptors (Lipinski definition) is 0. The Labute approximate surface area is 132 Å². The topological polar surface area (TPSA) is 12.0 Å². The predicted molar refractivity (Wildman–Crippen MR) is 100 cm³/mol. The van der Waals surface area contributed by atoms with E-state index in [0.717, 1.165) is 0 Å². The second-order valence-electron chi connectivity index (χ2n) is 5.15. The van der Waals surface area contributed by atoms with Gasteiger partial charge in [0.05, 0.1) is 0 Å². The van der Waals surface area contributed by atoms with Gasteiger partial charge in [-0.2, -0.15) is 0 Å². The normalized spacial score (nSPS) is 11.1. The van der Waals surface area contributed by atoms with Gasteiger partial charge in [0.2, 0.25) is 0 Å². The lowest BCUT2D eigenvalue weighted by Gasteiger charge is -2.28. The Morgan fingerprint density at radius 1 is 0.591 bits per heavy atom. The standard InChI is InChI=1S/C20H20NP/c1-21-17-22(18-11-5-2-6-12-18,19-13-7-3-8-14-19)20-15-9-4-10-16-20/h2-17,21H,1H3. The van der Waals surface area contributed by atoms with Gasteiger partial charge in [-0.05, 0) is 35.8 Å². The maximum absolute atomic E-state index is 3.33. The molecule has 0 fully saturated rings. The Morgan fingerprint density at radius 3 is 1.18 bits per heavy atom. The van der Waals surface area contributed by atoms with Crippen molar-refractivity contribution in [3.05, 3.63) is 91.0 Å². The van der Waals surface area contributed by atoms with Gasteiger partial charge in [0, 0.05) is 0 Å². The SMILES string of the molecule is CNC=P(c1ccccc1)(c1ccccc1)c1ccccc1. The van der Waals surface area contributed by atoms with Crippen molar-refractivity contribution in [3.63, 3.8) is 0 Å². The van der Waals surface area contributed by atoms with Crippen LogP contribution in [0.5, 0.6) is 0 Å². The lowest BCUT2D eigenvalue weighted by Crippen LogP contribution is -2.29. The summed E-state index contributed by atoms with van der Waals surface area (Å²) in [7, 11) is 1.99. The number of hydrogen-bond donors (Lipinski definition) is 1. The highest BCUT2D eigenvalue weighted by atomic mass is 31.2. The number of benzene rings is 3. The van der Waals surface area contributed by atoms with Crippen LogP contribution in [0.4, 0.5) is 0 Å². The molecular formula is C20H20NP. The van der Waals surface area contributed by atoms with Gasteiger partial charge in [-0.15, -0.1) is 0 Å². The van der Waals surface area contributed by atoms with E-state index in [0.29, 0.717) is 0 Å². The predicted octanol–water partition coefficient (Wildman–Crippen LogP) is 2.96. The van der Waals surface area contributed by atoms with E-state index >= 15 is 0 Å². The van der Waals surface area contributed by atoms with Crippen LogP contribution in [0.15, 0.2) is 91.0 Å². The summed E-state index contributed by atoms with van der Waals surface area (Å²) in [4.78, 5) is 0. The maximum Gasteiger partial charge on any atom is -0.0121 e. The minimum atomic E-state index is -1.79. The van der Waals surface area contributed by atoms with Crippen molar-refractivity contribution in [1.82, 2.24) is 5.32 Å². The highest BCUT2D eigenvalue weighted by Gasteiger charge is 2.24. The summed E-state index contributed by atoms with van der Waals surface area (Å²) in [5.41, 5.74) is 0. The van der Waals surface area contributed by atoms with Crippen molar-refractivity contribution in [2.24, 2.45) is 0 Å². The molecule has 1 N–H and O–H groups in total. The van der Waals surface area contributed by atoms with Gasteiger partial charge in [-0.3, -0.25) is 5.32 Å². The van der Waals surface area contributed by atoms with Crippen LogP contribution in [-0.2, 0) is 0 Å². The number of rotatable bonds is 4. The molecule has 0 saturated carbocycles. The van der Waals surface area contributed by atoms with Crippen LogP contribution in [0.2, 0.25) is 0 Å². The molecule has 0 aliphatic carbocycles. The van der Waals surface area contributed by atoms with Crippen LogP contribution < -0.4 is 21.2 Å². The molecule has 0 saturated heterocycles. The lowest BCUT2D eigenvalue weighted by molar-refractivity contribution is 1.24. The molecule has 0 bridgehead atoms. The zero-order valence-electron chi connectivity index (χ0n) is 12.7. The van der Waals surface area contributed by atoms with Crippen molar-refractivity contribution in [2.45, 2.75) is 0 Å². The Balaban J connectivity index is 2.38. The van der Waals surface area contributed by atoms with Crippen molar-refractivity contribution in [3.8, 4) is 0 Å². The fourth-order valence-corrected chi connectivity index (χ4v) is 6.51. The fourth-order valence-electron chi connectivity index (χ4n) is 2.85. The summed E-state index contributed by atoms with van der Waals surface area (Å²) < 4.78 is 0. The molecule has 110 valence electrons. The summed E-state index contributed by atoms with van der Waals surface area (Å²) in [6, 6.07) is 32.4. The molecule has 0 radical (unpaired) electrons. The van der Waals surface area contributed by atoms with E-state index in [4.69, 9.17) is 0 Å². The highest BCUT2D eigenvalue weighted by molar-refractivity contribution is 7.94. The van der Waals surface area contributed by atoms with Crippen LogP contribution in [0.1, 0.15) is 0 Å². The Bertz CT molecular complexity index is 661. The van der Waals surface area contributed by atoms with Crippen molar-refractivity contribution < 1.29 is 0 Å². The largest absolute Gasteiger partial charge is 0.297 e. The van der Waals surface area contributed by atoms with E-state index in [1.54, 1.807) is 0 Å². The molecule has 0 spiro atoms. The zero-order valence-corrected chi connectivity index (χ0v) is 13.6. The van der Waals surface area contributed by atoms with Crippen LogP contribution in [-0.4, -0.2) is 13.0 Å². The second-order valence-corrected chi connectivity index (χ2v) is 8.40. The van der Waals surface area contributed by atoms with Crippen LogP contribution in [0, 0.1) is 0 Å². The van der Waals surface area contributed by atoms with E-state index in [2.05, 4.69) is 102 Å². The molecule has 0 heterocycles. The van der Waals surface area contributed by atoms with E-state index in [1.807, 2.05) is 7.05 Å². The summed E-state index contributed by atoms with van der Waals surface area (Å²) in [6.07, 6.45) is 0. The highest BCUT2D eigenvalue weighted by Crippen LogP contribution is 2.42. The molecule has 0 unspecified atom stereocenters. The summed E-state index contributed by atoms with van der Waals surface area (Å²) in [5, 5.41) is 7.42. The minimum Gasteiger partial charge on any atom is -0.297 e. The lowest BCUT2D eigenvalue weighted by atomic mass is 10.4. The van der Waals surface area contributed by atoms with E-state index in [9.17, 15) is 0 Å². The van der Waals surface area contributed by atoms with Crippen LogP contribution in [0.3, 0.4) is 0 Å². The van der Waals surface area contributed by atoms with Crippen molar-refractivity contribution >= 4 is 28.7 Å². The molecule has 2 heteroatoms. The monoisotopic (exact) mass is 305 g/mol. The third-order valence-corrected chi connectivity index (χ3v) is 7.80. The average Bonchev–Trinajstić information content (AvgIpc) is 2.62. The summed E-state index contributed by atoms with van der Waals surface area (Å²) in [5.74, 6) is 2.28. The summed E-state index contributed by atoms with van der Waals surface area (Å²) in [6.45, 7) is -1.79. The first-order valence-corrected chi connectivity index (χ1v) is 9.31. The van der Waals surface area contributed by atoms with Crippen LogP contribution in [0.25, 0.3) is 0 Å². The first-order valence-electron chi connectivity index (χ1n) is 7.45. The molecule has 0 aromatic heterocycles. The third-order valence-electron chi connectivity index (χ3n) is 3.81. The molecular weight excluding hydrogens is 285 g/mol. The molecule has 0 amide bonds. The molecule has 3 rings (SSSR count). The smallest absolute Gasteiger partial charge is 0.0121 e. The van der Waals surface area contributed by atoms with Gasteiger partial charge in [-0.1, -0.05) is 91.0 Å². The fraction of sp³-hybridized carbons (Fsp3) is 0.0500. The van der Waals surface area contributed by atoms with Crippen LogP contribution >= 0.6 is 6.89 Å². The Morgan fingerprint density at radius 2 is 0.909 bits per heavy atom. The van der Waals surface area contributed by atoms with Crippen molar-refractivity contribution in [1.29, 1.82) is 0 Å². The van der Waals surface area contributed by atoms with Gasteiger partial charge < -0.3 is 0 Å². The molecule has 22 heavy (non-hydrogen) atoms. The maximum atomic E-state index is 3.33. The van der Waals surface area contributed by atoms with Gasteiger partial charge in [-0.25, -0.2) is 0 Å². The molecule has 0 aliphatic heterocycles. The second kappa shape index (κ2) is 6.79. The minimum absolute atomic E-state index is 1.36. The first kappa shape index (κ1) is 14.8. The van der Waals surface area contributed by atoms with E-state index < -0.39 is 6.89 Å². The number of nitrogens with one attached hydrogen (secondary N) is 1. The van der Waals surface area contributed by atoms with Gasteiger partial charge >= 0.3 is 0 Å². The molecule has 3 aromatic carbocycles. The zero-order chi connectivity index (χ0) is 15.3. The first-order chi connectivity index (χ1) is 10.9. The van der Waals surface area contributed by atoms with E-state index in [1.165, 1.54) is 15.9 Å². The average molecular weight is 305 g/mol. The quantitative estimate of drug-likeness (QED) is 0.731. The van der Waals surface area contributed by atoms with Crippen molar-refractivity contribution in [2.75, 3.05) is 7.05 Å². The molecule has 0 aliphatic rings. The Kier molecular flexibility index (Phi) is 4.58. The molecule has 1 nitrogen and oxygen atoms in total. The van der Waals surface area contributed by atoms with E-state index in [-0.39, 0.29) is 0 Å². The van der Waals surface area contributed by atoms with Gasteiger partial charge in [0.15, 0.2) is 0 Å².